The van der Waals surface area contributed by atoms with E-state index >= 15 is 0 Å². The molecule has 0 amide bonds. The maximum atomic E-state index is 9.89. The van der Waals surface area contributed by atoms with Crippen molar-refractivity contribution in [3.8, 4) is 0 Å². The second kappa shape index (κ2) is 22.3. The van der Waals surface area contributed by atoms with Crippen molar-refractivity contribution in [2.45, 2.75) is 167 Å². The SMILES string of the molecule is CCCCCCCCCCCCC(CCCCCCCCCC)COC1C[C@@H](O)C(O)CO1. The van der Waals surface area contributed by atoms with E-state index in [-0.39, 0.29) is 12.9 Å². The van der Waals surface area contributed by atoms with Crippen LogP contribution in [0.2, 0.25) is 0 Å². The van der Waals surface area contributed by atoms with Crippen LogP contribution in [0.3, 0.4) is 0 Å². The van der Waals surface area contributed by atoms with Gasteiger partial charge in [0.05, 0.1) is 19.3 Å². The summed E-state index contributed by atoms with van der Waals surface area (Å²) in [5, 5.41) is 19.5. The molecular weight excluding hydrogens is 412 g/mol. The maximum Gasteiger partial charge on any atom is 0.160 e. The summed E-state index contributed by atoms with van der Waals surface area (Å²) in [6, 6.07) is 0. The molecule has 2 N–H and O–H groups in total. The van der Waals surface area contributed by atoms with Crippen LogP contribution in [0.1, 0.15) is 149 Å². The van der Waals surface area contributed by atoms with E-state index in [2.05, 4.69) is 13.8 Å². The van der Waals surface area contributed by atoms with E-state index in [4.69, 9.17) is 9.47 Å². The first-order valence-electron chi connectivity index (χ1n) is 14.8. The van der Waals surface area contributed by atoms with Crippen molar-refractivity contribution in [2.24, 2.45) is 5.92 Å². The molecule has 1 saturated heterocycles. The van der Waals surface area contributed by atoms with Crippen molar-refractivity contribution in [2.75, 3.05) is 13.2 Å². The minimum absolute atomic E-state index is 0.174. The van der Waals surface area contributed by atoms with Crippen LogP contribution >= 0.6 is 0 Å². The Bertz CT molecular complexity index is 403. The highest BCUT2D eigenvalue weighted by Gasteiger charge is 2.29. The first-order chi connectivity index (χ1) is 16.2. The van der Waals surface area contributed by atoms with Crippen molar-refractivity contribution in [3.63, 3.8) is 0 Å². The molecule has 1 aliphatic heterocycles. The van der Waals surface area contributed by atoms with E-state index in [1.54, 1.807) is 0 Å². The van der Waals surface area contributed by atoms with Crippen LogP contribution in [-0.4, -0.2) is 41.9 Å². The van der Waals surface area contributed by atoms with Crippen LogP contribution in [0, 0.1) is 5.92 Å². The van der Waals surface area contributed by atoms with Crippen molar-refractivity contribution >= 4 is 0 Å². The minimum Gasteiger partial charge on any atom is -0.390 e. The lowest BCUT2D eigenvalue weighted by molar-refractivity contribution is -0.220. The molecule has 198 valence electrons. The van der Waals surface area contributed by atoms with E-state index < -0.39 is 12.2 Å². The van der Waals surface area contributed by atoms with Crippen LogP contribution in [0.5, 0.6) is 0 Å². The van der Waals surface area contributed by atoms with Crippen LogP contribution in [-0.2, 0) is 9.47 Å². The molecular formula is C29H58O4. The number of unbranched alkanes of at least 4 members (excludes halogenated alkanes) is 16. The summed E-state index contributed by atoms with van der Waals surface area (Å²) >= 11 is 0. The number of hydrogen-bond acceptors (Lipinski definition) is 4. The largest absolute Gasteiger partial charge is 0.390 e. The summed E-state index contributed by atoms with van der Waals surface area (Å²) in [4.78, 5) is 0. The van der Waals surface area contributed by atoms with E-state index in [1.807, 2.05) is 0 Å². The third-order valence-corrected chi connectivity index (χ3v) is 7.28. The van der Waals surface area contributed by atoms with Crippen molar-refractivity contribution in [1.82, 2.24) is 0 Å². The molecule has 0 aliphatic carbocycles. The standard InChI is InChI=1S/C29H58O4/c1-3-5-7-9-11-13-14-16-18-20-22-26(21-19-17-15-12-10-8-6-4-2)24-32-29-23-27(30)28(31)25-33-29/h26-31H,3-25H2,1-2H3/t26?,27-,28?,29?/m1/s1. The monoisotopic (exact) mass is 470 g/mol. The van der Waals surface area contributed by atoms with Gasteiger partial charge in [0.1, 0.15) is 6.10 Å². The fourth-order valence-corrected chi connectivity index (χ4v) is 4.90. The molecule has 0 aromatic heterocycles. The fraction of sp³-hybridized carbons (Fsp3) is 1.00. The highest BCUT2D eigenvalue weighted by Crippen LogP contribution is 2.23. The molecule has 4 heteroatoms. The number of ether oxygens (including phenoxy) is 2. The molecule has 1 fully saturated rings. The summed E-state index contributed by atoms with van der Waals surface area (Å²) in [7, 11) is 0. The molecule has 0 aromatic rings. The maximum absolute atomic E-state index is 9.89. The molecule has 1 aliphatic rings. The summed E-state index contributed by atoms with van der Waals surface area (Å²) in [5.74, 6) is 0.590. The van der Waals surface area contributed by atoms with Gasteiger partial charge < -0.3 is 19.7 Å². The van der Waals surface area contributed by atoms with Gasteiger partial charge in [-0.15, -0.1) is 0 Å². The quantitative estimate of drug-likeness (QED) is 0.149. The van der Waals surface area contributed by atoms with Gasteiger partial charge >= 0.3 is 0 Å². The zero-order chi connectivity index (χ0) is 24.0. The van der Waals surface area contributed by atoms with Crippen LogP contribution in [0.4, 0.5) is 0 Å². The first kappa shape index (κ1) is 30.9. The summed E-state index contributed by atoms with van der Waals surface area (Å²) in [6.07, 6.45) is 25.7. The summed E-state index contributed by atoms with van der Waals surface area (Å²) < 4.78 is 11.6. The molecule has 4 atom stereocenters. The molecule has 1 heterocycles. The van der Waals surface area contributed by atoms with E-state index in [9.17, 15) is 10.2 Å². The molecule has 0 saturated carbocycles. The molecule has 3 unspecified atom stereocenters. The Hall–Kier alpha value is -0.160. The van der Waals surface area contributed by atoms with Gasteiger partial charge in [0.2, 0.25) is 0 Å². The van der Waals surface area contributed by atoms with Gasteiger partial charge in [0.25, 0.3) is 0 Å². The Morgan fingerprint density at radius 1 is 0.636 bits per heavy atom. The average Bonchev–Trinajstić information content (AvgIpc) is 2.82. The molecule has 4 nitrogen and oxygen atoms in total. The van der Waals surface area contributed by atoms with Gasteiger partial charge in [-0.25, -0.2) is 0 Å². The first-order valence-corrected chi connectivity index (χ1v) is 14.8. The van der Waals surface area contributed by atoms with Crippen molar-refractivity contribution in [3.05, 3.63) is 0 Å². The van der Waals surface area contributed by atoms with Gasteiger partial charge in [0, 0.05) is 6.42 Å². The highest BCUT2D eigenvalue weighted by atomic mass is 16.7. The molecule has 1 rings (SSSR count). The second-order valence-electron chi connectivity index (χ2n) is 10.6. The van der Waals surface area contributed by atoms with Crippen LogP contribution < -0.4 is 0 Å². The number of aliphatic hydroxyl groups is 2. The van der Waals surface area contributed by atoms with Gasteiger partial charge in [-0.1, -0.05) is 129 Å². The van der Waals surface area contributed by atoms with Gasteiger partial charge in [-0.05, 0) is 18.8 Å². The number of aliphatic hydroxyl groups excluding tert-OH is 2. The highest BCUT2D eigenvalue weighted by molar-refractivity contribution is 4.74. The van der Waals surface area contributed by atoms with E-state index in [0.717, 1.165) is 6.61 Å². The summed E-state index contributed by atoms with van der Waals surface area (Å²) in [5.41, 5.74) is 0. The Morgan fingerprint density at radius 2 is 1.06 bits per heavy atom. The van der Waals surface area contributed by atoms with Crippen LogP contribution in [0.25, 0.3) is 0 Å². The van der Waals surface area contributed by atoms with Gasteiger partial charge in [0.15, 0.2) is 6.29 Å². The predicted octanol–water partition coefficient (Wildman–Crippen LogP) is 7.93. The lowest BCUT2D eigenvalue weighted by atomic mass is 9.94. The fourth-order valence-electron chi connectivity index (χ4n) is 4.90. The third kappa shape index (κ3) is 17.9. The van der Waals surface area contributed by atoms with Gasteiger partial charge in [-0.2, -0.15) is 0 Å². The molecule has 0 aromatic carbocycles. The van der Waals surface area contributed by atoms with Crippen molar-refractivity contribution in [1.29, 1.82) is 0 Å². The number of rotatable bonds is 23. The second-order valence-corrected chi connectivity index (χ2v) is 10.6. The third-order valence-electron chi connectivity index (χ3n) is 7.28. The Kier molecular flexibility index (Phi) is 20.9. The van der Waals surface area contributed by atoms with E-state index in [0.29, 0.717) is 12.3 Å². The molecule has 0 radical (unpaired) electrons. The van der Waals surface area contributed by atoms with Crippen LogP contribution in [0.15, 0.2) is 0 Å². The van der Waals surface area contributed by atoms with E-state index in [1.165, 1.54) is 128 Å². The Labute approximate surface area is 206 Å². The normalized spacial score (nSPS) is 22.0. The topological polar surface area (TPSA) is 58.9 Å². The smallest absolute Gasteiger partial charge is 0.160 e. The zero-order valence-electron chi connectivity index (χ0n) is 22.3. The summed E-state index contributed by atoms with van der Waals surface area (Å²) in [6.45, 7) is 5.45. The Morgan fingerprint density at radius 3 is 1.48 bits per heavy atom. The lowest BCUT2D eigenvalue weighted by Gasteiger charge is -2.31. The number of hydrogen-bond donors (Lipinski definition) is 2. The lowest BCUT2D eigenvalue weighted by Crippen LogP contribution is -2.42. The minimum atomic E-state index is -0.774. The zero-order valence-corrected chi connectivity index (χ0v) is 22.3. The molecule has 0 spiro atoms. The molecule has 33 heavy (non-hydrogen) atoms. The molecule has 0 bridgehead atoms. The Balaban J connectivity index is 2.18. The predicted molar refractivity (Wildman–Crippen MR) is 140 cm³/mol. The van der Waals surface area contributed by atoms with Crippen molar-refractivity contribution < 1.29 is 19.7 Å². The average molecular weight is 471 g/mol. The van der Waals surface area contributed by atoms with Gasteiger partial charge in [-0.3, -0.25) is 0 Å².